The zero-order valence-electron chi connectivity index (χ0n) is 9.26. The summed E-state index contributed by atoms with van der Waals surface area (Å²) in [7, 11) is 0. The molecule has 0 saturated heterocycles. The van der Waals surface area contributed by atoms with E-state index in [0.29, 0.717) is 6.04 Å². The minimum Gasteiger partial charge on any atom is -0.366 e. The van der Waals surface area contributed by atoms with E-state index in [1.54, 1.807) is 0 Å². The average molecular weight is 269 g/mol. The van der Waals surface area contributed by atoms with Gasteiger partial charge in [-0.3, -0.25) is 0 Å². The van der Waals surface area contributed by atoms with Crippen LogP contribution in [-0.2, 0) is 0 Å². The highest BCUT2D eigenvalue weighted by molar-refractivity contribution is 9.10. The Morgan fingerprint density at radius 2 is 2.27 bits per heavy atom. The fourth-order valence-corrected chi connectivity index (χ4v) is 2.26. The first-order valence-electron chi connectivity index (χ1n) is 5.56. The molecule has 0 radical (unpaired) electrons. The molecule has 1 heterocycles. The summed E-state index contributed by atoms with van der Waals surface area (Å²) in [6.07, 6.45) is 5.96. The molecule has 0 spiro atoms. The number of halogens is 1. The highest BCUT2D eigenvalue weighted by Gasteiger charge is 2.24. The molecule has 1 N–H and O–H groups in total. The number of aromatic nitrogens is 1. The minimum absolute atomic E-state index is 0.532. The smallest absolute Gasteiger partial charge is 0.140 e. The van der Waals surface area contributed by atoms with Crippen LogP contribution in [0.5, 0.6) is 0 Å². The highest BCUT2D eigenvalue weighted by Crippen LogP contribution is 2.32. The van der Waals surface area contributed by atoms with E-state index in [1.807, 2.05) is 12.3 Å². The van der Waals surface area contributed by atoms with Crippen molar-refractivity contribution >= 4 is 21.7 Å². The lowest BCUT2D eigenvalue weighted by atomic mass is 9.80. The van der Waals surface area contributed by atoms with Crippen molar-refractivity contribution in [3.63, 3.8) is 0 Å². The van der Waals surface area contributed by atoms with Gasteiger partial charge in [0.05, 0.1) is 4.47 Å². The Labute approximate surface area is 99.6 Å². The van der Waals surface area contributed by atoms with Crippen LogP contribution in [0.2, 0.25) is 0 Å². The van der Waals surface area contributed by atoms with Crippen molar-refractivity contribution < 1.29 is 0 Å². The van der Waals surface area contributed by atoms with Gasteiger partial charge in [0.1, 0.15) is 5.82 Å². The van der Waals surface area contributed by atoms with E-state index >= 15 is 0 Å². The van der Waals surface area contributed by atoms with E-state index < -0.39 is 0 Å². The molecule has 1 fully saturated rings. The monoisotopic (exact) mass is 268 g/mol. The quantitative estimate of drug-likeness (QED) is 0.903. The van der Waals surface area contributed by atoms with Crippen LogP contribution < -0.4 is 5.32 Å². The molecule has 0 aromatic carbocycles. The maximum atomic E-state index is 4.36. The number of hydrogen-bond acceptors (Lipinski definition) is 2. The molecule has 1 aromatic rings. The van der Waals surface area contributed by atoms with Crippen LogP contribution in [0.4, 0.5) is 5.82 Å². The summed E-state index contributed by atoms with van der Waals surface area (Å²) in [4.78, 5) is 4.36. The normalized spacial score (nSPS) is 18.3. The van der Waals surface area contributed by atoms with Gasteiger partial charge in [-0.15, -0.1) is 0 Å². The molecular weight excluding hydrogens is 252 g/mol. The molecule has 1 aliphatic carbocycles. The largest absolute Gasteiger partial charge is 0.366 e. The number of nitrogens with zero attached hydrogens (tertiary/aromatic N) is 1. The fourth-order valence-electron chi connectivity index (χ4n) is 1.91. The van der Waals surface area contributed by atoms with E-state index in [1.165, 1.54) is 24.8 Å². The maximum Gasteiger partial charge on any atom is 0.140 e. The van der Waals surface area contributed by atoms with E-state index in [4.69, 9.17) is 0 Å². The zero-order valence-corrected chi connectivity index (χ0v) is 10.8. The van der Waals surface area contributed by atoms with Gasteiger partial charge in [0, 0.05) is 12.2 Å². The molecule has 1 unspecified atom stereocenters. The molecule has 1 aromatic heterocycles. The lowest BCUT2D eigenvalue weighted by Gasteiger charge is -2.32. The van der Waals surface area contributed by atoms with Crippen molar-refractivity contribution in [2.24, 2.45) is 5.92 Å². The standard InChI is InChI=1S/C12H17BrN2/c1-8-6-7-14-12(11(8)13)15-9(2)10-4-3-5-10/h6-7,9-10H,3-5H2,1-2H3,(H,14,15). The Hall–Kier alpha value is -0.570. The maximum absolute atomic E-state index is 4.36. The van der Waals surface area contributed by atoms with Gasteiger partial charge in [-0.2, -0.15) is 0 Å². The van der Waals surface area contributed by atoms with Crippen LogP contribution in [-0.4, -0.2) is 11.0 Å². The van der Waals surface area contributed by atoms with Gasteiger partial charge < -0.3 is 5.32 Å². The van der Waals surface area contributed by atoms with Crippen molar-refractivity contribution in [2.45, 2.75) is 39.2 Å². The number of rotatable bonds is 3. The van der Waals surface area contributed by atoms with Gasteiger partial charge in [0.25, 0.3) is 0 Å². The van der Waals surface area contributed by atoms with Gasteiger partial charge in [-0.05, 0) is 60.2 Å². The van der Waals surface area contributed by atoms with Crippen LogP contribution in [0.1, 0.15) is 31.7 Å². The van der Waals surface area contributed by atoms with Crippen molar-refractivity contribution in [2.75, 3.05) is 5.32 Å². The van der Waals surface area contributed by atoms with E-state index in [0.717, 1.165) is 16.2 Å². The Balaban J connectivity index is 2.06. The third-order valence-electron chi connectivity index (χ3n) is 3.30. The molecule has 1 atom stereocenters. The van der Waals surface area contributed by atoms with Crippen molar-refractivity contribution in [3.8, 4) is 0 Å². The molecule has 0 amide bonds. The summed E-state index contributed by atoms with van der Waals surface area (Å²) in [5.41, 5.74) is 1.23. The Kier molecular flexibility index (Phi) is 3.29. The summed E-state index contributed by atoms with van der Waals surface area (Å²) in [5.74, 6) is 1.81. The second-order valence-corrected chi connectivity index (χ2v) is 5.21. The van der Waals surface area contributed by atoms with Crippen LogP contribution >= 0.6 is 15.9 Å². The summed E-state index contributed by atoms with van der Waals surface area (Å²) < 4.78 is 1.09. The second kappa shape index (κ2) is 4.52. The lowest BCUT2D eigenvalue weighted by Crippen LogP contribution is -2.31. The van der Waals surface area contributed by atoms with Crippen molar-refractivity contribution in [1.82, 2.24) is 4.98 Å². The predicted octanol–water partition coefficient (Wildman–Crippen LogP) is 3.75. The van der Waals surface area contributed by atoms with Gasteiger partial charge in [-0.1, -0.05) is 6.42 Å². The summed E-state index contributed by atoms with van der Waals surface area (Å²) >= 11 is 3.57. The minimum atomic E-state index is 0.532. The molecule has 82 valence electrons. The zero-order chi connectivity index (χ0) is 10.8. The number of pyridine rings is 1. The summed E-state index contributed by atoms with van der Waals surface area (Å²) in [6, 6.07) is 2.55. The van der Waals surface area contributed by atoms with Gasteiger partial charge in [-0.25, -0.2) is 4.98 Å². The first-order chi connectivity index (χ1) is 7.18. The predicted molar refractivity (Wildman–Crippen MR) is 67.1 cm³/mol. The first kappa shape index (κ1) is 10.9. The molecular formula is C12H17BrN2. The van der Waals surface area contributed by atoms with Crippen LogP contribution in [0, 0.1) is 12.8 Å². The van der Waals surface area contributed by atoms with Gasteiger partial charge in [0.2, 0.25) is 0 Å². The van der Waals surface area contributed by atoms with Crippen LogP contribution in [0.25, 0.3) is 0 Å². The number of nitrogens with one attached hydrogen (secondary N) is 1. The molecule has 1 saturated carbocycles. The molecule has 15 heavy (non-hydrogen) atoms. The molecule has 2 nitrogen and oxygen atoms in total. The average Bonchev–Trinajstić information content (AvgIpc) is 2.10. The van der Waals surface area contributed by atoms with Gasteiger partial charge in [0.15, 0.2) is 0 Å². The van der Waals surface area contributed by atoms with E-state index in [9.17, 15) is 0 Å². The van der Waals surface area contributed by atoms with Crippen LogP contribution in [0.15, 0.2) is 16.7 Å². The fraction of sp³-hybridized carbons (Fsp3) is 0.583. The third-order valence-corrected chi connectivity index (χ3v) is 4.30. The van der Waals surface area contributed by atoms with Crippen molar-refractivity contribution in [3.05, 3.63) is 22.3 Å². The highest BCUT2D eigenvalue weighted by atomic mass is 79.9. The molecule has 2 rings (SSSR count). The number of hydrogen-bond donors (Lipinski definition) is 1. The van der Waals surface area contributed by atoms with Crippen LogP contribution in [0.3, 0.4) is 0 Å². The lowest BCUT2D eigenvalue weighted by molar-refractivity contribution is 0.285. The Morgan fingerprint density at radius 1 is 1.53 bits per heavy atom. The van der Waals surface area contributed by atoms with Crippen molar-refractivity contribution in [1.29, 1.82) is 0 Å². The van der Waals surface area contributed by atoms with E-state index in [2.05, 4.69) is 40.1 Å². The van der Waals surface area contributed by atoms with E-state index in [-0.39, 0.29) is 0 Å². The first-order valence-corrected chi connectivity index (χ1v) is 6.35. The molecule has 0 aliphatic heterocycles. The molecule has 3 heteroatoms. The Morgan fingerprint density at radius 3 is 2.87 bits per heavy atom. The summed E-state index contributed by atoms with van der Waals surface area (Å²) in [6.45, 7) is 4.34. The number of aryl methyl sites for hydroxylation is 1. The topological polar surface area (TPSA) is 24.9 Å². The molecule has 1 aliphatic rings. The third kappa shape index (κ3) is 2.33. The number of anilines is 1. The summed E-state index contributed by atoms with van der Waals surface area (Å²) in [5, 5.41) is 3.49. The van der Waals surface area contributed by atoms with Gasteiger partial charge >= 0.3 is 0 Å². The SMILES string of the molecule is Cc1ccnc(NC(C)C2CCC2)c1Br. The Bertz CT molecular complexity index is 347. The second-order valence-electron chi connectivity index (χ2n) is 4.41. The molecule has 0 bridgehead atoms.